The summed E-state index contributed by atoms with van der Waals surface area (Å²) in [6.45, 7) is 0. The maximum Gasteiger partial charge on any atom is 0.335 e. The first-order chi connectivity index (χ1) is 15.0. The van der Waals surface area contributed by atoms with Crippen LogP contribution in [-0.2, 0) is 4.79 Å². The van der Waals surface area contributed by atoms with Crippen LogP contribution in [0.3, 0.4) is 0 Å². The Kier molecular flexibility index (Phi) is 4.77. The Balaban J connectivity index is 1.61. The van der Waals surface area contributed by atoms with Gasteiger partial charge in [0.15, 0.2) is 0 Å². The second-order valence-corrected chi connectivity index (χ2v) is 7.79. The number of halogens is 1. The molecule has 6 nitrogen and oxygen atoms in total. The zero-order valence-electron chi connectivity index (χ0n) is 16.4. The summed E-state index contributed by atoms with van der Waals surface area (Å²) in [6.07, 6.45) is 0. The molecule has 2 fully saturated rings. The molecule has 31 heavy (non-hydrogen) atoms. The minimum Gasteiger partial charge on any atom is -0.478 e. The Hall–Kier alpha value is -3.55. The van der Waals surface area contributed by atoms with E-state index < -0.39 is 12.0 Å². The zero-order chi connectivity index (χ0) is 21.5. The second-order valence-electron chi connectivity index (χ2n) is 7.79. The summed E-state index contributed by atoms with van der Waals surface area (Å²) < 4.78 is 13.6. The summed E-state index contributed by atoms with van der Waals surface area (Å²) in [7, 11) is 0. The van der Waals surface area contributed by atoms with E-state index in [1.165, 1.54) is 24.3 Å². The number of hydrogen-bond acceptors (Lipinski definition) is 4. The predicted molar refractivity (Wildman–Crippen MR) is 113 cm³/mol. The Morgan fingerprint density at radius 3 is 2.13 bits per heavy atom. The van der Waals surface area contributed by atoms with Gasteiger partial charge in [-0.1, -0.05) is 42.5 Å². The first-order valence-corrected chi connectivity index (χ1v) is 10.0. The molecule has 0 saturated carbocycles. The molecule has 5 rings (SSSR count). The summed E-state index contributed by atoms with van der Waals surface area (Å²) >= 11 is 0. The van der Waals surface area contributed by atoms with Crippen LogP contribution >= 0.6 is 0 Å². The van der Waals surface area contributed by atoms with Gasteiger partial charge in [-0.3, -0.25) is 4.79 Å². The summed E-state index contributed by atoms with van der Waals surface area (Å²) in [4.78, 5) is 26.4. The number of hydrogen-bond donors (Lipinski definition) is 3. The van der Waals surface area contributed by atoms with E-state index in [-0.39, 0.29) is 35.3 Å². The van der Waals surface area contributed by atoms with Gasteiger partial charge in [-0.15, -0.1) is 0 Å². The molecule has 2 aliphatic heterocycles. The number of benzene rings is 3. The van der Waals surface area contributed by atoms with E-state index in [4.69, 9.17) is 0 Å². The normalized spacial score (nSPS) is 24.9. The maximum atomic E-state index is 13.6. The Morgan fingerprint density at radius 1 is 0.839 bits per heavy atom. The molecule has 7 heteroatoms. The number of nitrogens with one attached hydrogen (secondary N) is 2. The number of hydrazine groups is 1. The number of amides is 1. The van der Waals surface area contributed by atoms with Crippen LogP contribution in [0.1, 0.15) is 33.6 Å². The van der Waals surface area contributed by atoms with Crippen LogP contribution in [-0.4, -0.2) is 23.0 Å². The lowest BCUT2D eigenvalue weighted by Crippen LogP contribution is -2.41. The molecule has 4 atom stereocenters. The molecule has 0 spiro atoms. The van der Waals surface area contributed by atoms with Crippen LogP contribution < -0.4 is 15.8 Å². The Morgan fingerprint density at radius 2 is 1.48 bits per heavy atom. The molecule has 2 saturated heterocycles. The van der Waals surface area contributed by atoms with Crippen molar-refractivity contribution in [2.45, 2.75) is 18.1 Å². The highest BCUT2D eigenvalue weighted by molar-refractivity contribution is 6.01. The fourth-order valence-electron chi connectivity index (χ4n) is 4.66. The van der Waals surface area contributed by atoms with Gasteiger partial charge in [-0.05, 0) is 47.5 Å². The van der Waals surface area contributed by atoms with Gasteiger partial charge >= 0.3 is 5.97 Å². The van der Waals surface area contributed by atoms with Crippen molar-refractivity contribution in [2.75, 3.05) is 4.90 Å². The number of nitrogens with zero attached hydrogens (tertiary/aromatic N) is 1. The molecule has 4 unspecified atom stereocenters. The largest absolute Gasteiger partial charge is 0.478 e. The molecule has 0 radical (unpaired) electrons. The quantitative estimate of drug-likeness (QED) is 0.606. The van der Waals surface area contributed by atoms with Crippen LogP contribution in [0.5, 0.6) is 0 Å². The topological polar surface area (TPSA) is 81.7 Å². The molecule has 156 valence electrons. The number of carboxylic acid groups (broad SMARTS) is 1. The molecule has 2 heterocycles. The average Bonchev–Trinajstić information content (AvgIpc) is 3.34. The molecule has 0 aromatic heterocycles. The number of rotatable bonds is 4. The number of carbonyl (C=O) groups excluding carboxylic acids is 1. The lowest BCUT2D eigenvalue weighted by Gasteiger charge is -2.31. The van der Waals surface area contributed by atoms with Crippen LogP contribution in [0.4, 0.5) is 10.1 Å². The third-order valence-electron chi connectivity index (χ3n) is 6.07. The van der Waals surface area contributed by atoms with E-state index >= 15 is 0 Å². The van der Waals surface area contributed by atoms with Gasteiger partial charge < -0.3 is 10.0 Å². The molecule has 0 aliphatic carbocycles. The summed E-state index contributed by atoms with van der Waals surface area (Å²) in [6, 6.07) is 21.4. The van der Waals surface area contributed by atoms with Crippen molar-refractivity contribution < 1.29 is 19.1 Å². The Bertz CT molecular complexity index is 1120. The van der Waals surface area contributed by atoms with Gasteiger partial charge in [0.1, 0.15) is 11.9 Å². The van der Waals surface area contributed by atoms with Crippen LogP contribution in [0.2, 0.25) is 0 Å². The van der Waals surface area contributed by atoms with Gasteiger partial charge in [0.05, 0.1) is 17.6 Å². The standard InChI is InChI=1S/C24H20FN3O3/c25-17-10-6-15(7-11-17)22-19-20(14-4-2-1-3-5-14)26-27-21(19)23(29)28(22)18-12-8-16(9-13-18)24(30)31/h1-13,19-22,26-27H,(H,30,31). The molecule has 1 amide bonds. The van der Waals surface area contributed by atoms with Crippen molar-refractivity contribution in [1.29, 1.82) is 0 Å². The van der Waals surface area contributed by atoms with E-state index in [9.17, 15) is 19.1 Å². The van der Waals surface area contributed by atoms with Gasteiger partial charge in [0.25, 0.3) is 0 Å². The fourth-order valence-corrected chi connectivity index (χ4v) is 4.66. The third kappa shape index (κ3) is 3.28. The lowest BCUT2D eigenvalue weighted by atomic mass is 9.83. The smallest absolute Gasteiger partial charge is 0.335 e. The SMILES string of the molecule is O=C(O)c1ccc(N2C(=O)C3NNC(c4ccccc4)C3C2c2ccc(F)cc2)cc1. The number of carboxylic acids is 1. The molecule has 3 aromatic carbocycles. The van der Waals surface area contributed by atoms with E-state index in [0.29, 0.717) is 5.69 Å². The average molecular weight is 417 g/mol. The summed E-state index contributed by atoms with van der Waals surface area (Å²) in [5, 5.41) is 9.21. The monoisotopic (exact) mass is 417 g/mol. The molecule has 3 N–H and O–H groups in total. The van der Waals surface area contributed by atoms with Crippen molar-refractivity contribution >= 4 is 17.6 Å². The Labute approximate surface area is 178 Å². The van der Waals surface area contributed by atoms with Gasteiger partial charge in [-0.25, -0.2) is 20.0 Å². The fraction of sp³-hybridized carbons (Fsp3) is 0.167. The maximum absolute atomic E-state index is 13.6. The number of carbonyl (C=O) groups is 2. The van der Waals surface area contributed by atoms with E-state index in [0.717, 1.165) is 11.1 Å². The highest BCUT2D eigenvalue weighted by atomic mass is 19.1. The van der Waals surface area contributed by atoms with Gasteiger partial charge in [0, 0.05) is 11.6 Å². The second kappa shape index (κ2) is 7.61. The van der Waals surface area contributed by atoms with E-state index in [1.807, 2.05) is 30.3 Å². The minimum atomic E-state index is -1.03. The van der Waals surface area contributed by atoms with Crippen molar-refractivity contribution in [1.82, 2.24) is 10.9 Å². The first-order valence-electron chi connectivity index (χ1n) is 10.0. The number of aromatic carboxylic acids is 1. The number of fused-ring (bicyclic) bond motifs is 1. The molecular weight excluding hydrogens is 397 g/mol. The highest BCUT2D eigenvalue weighted by Crippen LogP contribution is 2.48. The molecule has 3 aromatic rings. The number of anilines is 1. The van der Waals surface area contributed by atoms with Crippen LogP contribution in [0.15, 0.2) is 78.9 Å². The molecular formula is C24H20FN3O3. The zero-order valence-corrected chi connectivity index (χ0v) is 16.4. The lowest BCUT2D eigenvalue weighted by molar-refractivity contribution is -0.119. The van der Waals surface area contributed by atoms with Crippen LogP contribution in [0, 0.1) is 11.7 Å². The van der Waals surface area contributed by atoms with Gasteiger partial charge in [0.2, 0.25) is 5.91 Å². The molecule has 0 bridgehead atoms. The van der Waals surface area contributed by atoms with Crippen molar-refractivity contribution in [3.63, 3.8) is 0 Å². The van der Waals surface area contributed by atoms with Crippen molar-refractivity contribution in [3.05, 3.63) is 101 Å². The van der Waals surface area contributed by atoms with E-state index in [2.05, 4.69) is 10.9 Å². The van der Waals surface area contributed by atoms with E-state index in [1.54, 1.807) is 29.2 Å². The van der Waals surface area contributed by atoms with Gasteiger partial charge in [-0.2, -0.15) is 0 Å². The first kappa shape index (κ1) is 19.4. The summed E-state index contributed by atoms with van der Waals surface area (Å²) in [5.41, 5.74) is 9.03. The predicted octanol–water partition coefficient (Wildman–Crippen LogP) is 3.45. The van der Waals surface area contributed by atoms with Crippen molar-refractivity contribution in [3.8, 4) is 0 Å². The third-order valence-corrected chi connectivity index (χ3v) is 6.07. The molecule has 2 aliphatic rings. The van der Waals surface area contributed by atoms with Crippen molar-refractivity contribution in [2.24, 2.45) is 5.92 Å². The summed E-state index contributed by atoms with van der Waals surface area (Å²) in [5.74, 6) is -1.64. The van der Waals surface area contributed by atoms with Crippen LogP contribution in [0.25, 0.3) is 0 Å². The minimum absolute atomic E-state index is 0.117. The highest BCUT2D eigenvalue weighted by Gasteiger charge is 2.55.